The first kappa shape index (κ1) is 16.7. The van der Waals surface area contributed by atoms with Crippen molar-refractivity contribution in [1.29, 1.82) is 0 Å². The molecule has 0 aliphatic carbocycles. The summed E-state index contributed by atoms with van der Waals surface area (Å²) in [5, 5.41) is 11.5. The number of urea groups is 1. The molecule has 20 heavy (non-hydrogen) atoms. The fourth-order valence-corrected chi connectivity index (χ4v) is 3.46. The van der Waals surface area contributed by atoms with Gasteiger partial charge >= 0.3 is 12.0 Å². The lowest BCUT2D eigenvalue weighted by molar-refractivity contribution is -0.138. The smallest absolute Gasteiger partial charge is 0.317 e. The highest BCUT2D eigenvalue weighted by Gasteiger charge is 2.29. The van der Waals surface area contributed by atoms with Crippen LogP contribution in [0.3, 0.4) is 0 Å². The summed E-state index contributed by atoms with van der Waals surface area (Å²) in [4.78, 5) is 24.4. The van der Waals surface area contributed by atoms with E-state index in [1.54, 1.807) is 6.92 Å². The SMILES string of the molecule is CC(CS(C)(=O)=O)NC(=O)N1CCCCC1CC(=O)O. The number of carboxylic acid groups (broad SMARTS) is 1. The van der Waals surface area contributed by atoms with E-state index in [1.807, 2.05) is 0 Å². The third kappa shape index (κ3) is 5.77. The summed E-state index contributed by atoms with van der Waals surface area (Å²) in [6.45, 7) is 2.13. The highest BCUT2D eigenvalue weighted by molar-refractivity contribution is 7.90. The van der Waals surface area contributed by atoms with Crippen molar-refractivity contribution in [2.75, 3.05) is 18.6 Å². The third-order valence-corrected chi connectivity index (χ3v) is 4.33. The number of nitrogens with one attached hydrogen (secondary N) is 1. The van der Waals surface area contributed by atoms with Crippen LogP contribution in [0.25, 0.3) is 0 Å². The van der Waals surface area contributed by atoms with E-state index in [1.165, 1.54) is 4.90 Å². The van der Waals surface area contributed by atoms with Crippen LogP contribution in [-0.4, -0.2) is 61.1 Å². The van der Waals surface area contributed by atoms with Crippen molar-refractivity contribution >= 4 is 21.8 Å². The first-order valence-corrected chi connectivity index (χ1v) is 8.71. The van der Waals surface area contributed by atoms with Crippen molar-refractivity contribution in [2.24, 2.45) is 0 Å². The lowest BCUT2D eigenvalue weighted by Crippen LogP contribution is -2.52. The van der Waals surface area contributed by atoms with Crippen molar-refractivity contribution in [3.63, 3.8) is 0 Å². The van der Waals surface area contributed by atoms with E-state index in [9.17, 15) is 18.0 Å². The summed E-state index contributed by atoms with van der Waals surface area (Å²) < 4.78 is 22.3. The number of carbonyl (C=O) groups is 2. The minimum atomic E-state index is -3.16. The predicted octanol–water partition coefficient (Wildman–Crippen LogP) is 0.458. The Kier molecular flexibility index (Phi) is 5.79. The number of carbonyl (C=O) groups excluding carboxylic acids is 1. The van der Waals surface area contributed by atoms with E-state index in [0.29, 0.717) is 13.0 Å². The van der Waals surface area contributed by atoms with Gasteiger partial charge in [-0.3, -0.25) is 4.79 Å². The topological polar surface area (TPSA) is 104 Å². The summed E-state index contributed by atoms with van der Waals surface area (Å²) in [6.07, 6.45) is 3.45. The number of piperidine rings is 1. The maximum absolute atomic E-state index is 12.1. The van der Waals surface area contributed by atoms with Crippen molar-refractivity contribution in [3.05, 3.63) is 0 Å². The molecule has 1 heterocycles. The predicted molar refractivity (Wildman–Crippen MR) is 74.3 cm³/mol. The molecule has 0 spiro atoms. The fraction of sp³-hybridized carbons (Fsp3) is 0.833. The van der Waals surface area contributed by atoms with Crippen LogP contribution >= 0.6 is 0 Å². The molecule has 0 aromatic heterocycles. The molecular weight excluding hydrogens is 284 g/mol. The summed E-state index contributed by atoms with van der Waals surface area (Å²) in [5.74, 6) is -1.06. The van der Waals surface area contributed by atoms with Crippen LogP contribution in [0.1, 0.15) is 32.6 Å². The molecule has 0 saturated carbocycles. The molecule has 1 rings (SSSR count). The van der Waals surface area contributed by atoms with Gasteiger partial charge in [0.15, 0.2) is 0 Å². The molecule has 2 N–H and O–H groups in total. The van der Waals surface area contributed by atoms with Gasteiger partial charge < -0.3 is 15.3 Å². The van der Waals surface area contributed by atoms with E-state index in [-0.39, 0.29) is 24.2 Å². The number of hydrogen-bond acceptors (Lipinski definition) is 4. The second-order valence-electron chi connectivity index (χ2n) is 5.38. The Morgan fingerprint density at radius 2 is 2.05 bits per heavy atom. The Labute approximate surface area is 119 Å². The Balaban J connectivity index is 2.61. The largest absolute Gasteiger partial charge is 0.481 e. The average molecular weight is 306 g/mol. The first-order chi connectivity index (χ1) is 9.19. The Morgan fingerprint density at radius 1 is 1.40 bits per heavy atom. The lowest BCUT2D eigenvalue weighted by Gasteiger charge is -2.35. The van der Waals surface area contributed by atoms with Crippen molar-refractivity contribution in [1.82, 2.24) is 10.2 Å². The van der Waals surface area contributed by atoms with Gasteiger partial charge in [0.2, 0.25) is 0 Å². The van der Waals surface area contributed by atoms with E-state index in [0.717, 1.165) is 19.1 Å². The number of hydrogen-bond donors (Lipinski definition) is 2. The first-order valence-electron chi connectivity index (χ1n) is 6.65. The number of likely N-dealkylation sites (tertiary alicyclic amines) is 1. The van der Waals surface area contributed by atoms with Gasteiger partial charge in [-0.15, -0.1) is 0 Å². The van der Waals surface area contributed by atoms with Gasteiger partial charge in [0.1, 0.15) is 9.84 Å². The third-order valence-electron chi connectivity index (χ3n) is 3.22. The second kappa shape index (κ2) is 6.92. The van der Waals surface area contributed by atoms with Gasteiger partial charge in [-0.1, -0.05) is 0 Å². The lowest BCUT2D eigenvalue weighted by atomic mass is 10.00. The maximum atomic E-state index is 12.1. The fourth-order valence-electron chi connectivity index (χ4n) is 2.47. The van der Waals surface area contributed by atoms with Crippen LogP contribution < -0.4 is 5.32 Å². The molecule has 0 radical (unpaired) electrons. The molecule has 2 amide bonds. The molecule has 2 atom stereocenters. The van der Waals surface area contributed by atoms with Gasteiger partial charge in [-0.05, 0) is 26.2 Å². The van der Waals surface area contributed by atoms with E-state index in [4.69, 9.17) is 5.11 Å². The minimum Gasteiger partial charge on any atom is -0.481 e. The van der Waals surface area contributed by atoms with Crippen molar-refractivity contribution < 1.29 is 23.1 Å². The molecule has 0 bridgehead atoms. The Morgan fingerprint density at radius 3 is 2.60 bits per heavy atom. The Hall–Kier alpha value is -1.31. The molecule has 116 valence electrons. The Bertz CT molecular complexity index is 462. The number of sulfone groups is 1. The maximum Gasteiger partial charge on any atom is 0.317 e. The number of rotatable bonds is 5. The van der Waals surface area contributed by atoms with E-state index >= 15 is 0 Å². The van der Waals surface area contributed by atoms with Gasteiger partial charge in [0.25, 0.3) is 0 Å². The molecular formula is C12H22N2O5S. The van der Waals surface area contributed by atoms with Crippen molar-refractivity contribution in [3.8, 4) is 0 Å². The van der Waals surface area contributed by atoms with Crippen LogP contribution in [0.4, 0.5) is 4.79 Å². The highest BCUT2D eigenvalue weighted by atomic mass is 32.2. The number of carboxylic acids is 1. The van der Waals surface area contributed by atoms with Gasteiger partial charge in [0, 0.05) is 24.9 Å². The summed E-state index contributed by atoms with van der Waals surface area (Å²) in [7, 11) is -3.16. The zero-order chi connectivity index (χ0) is 15.3. The molecule has 0 aromatic carbocycles. The van der Waals surface area contributed by atoms with Crippen molar-refractivity contribution in [2.45, 2.75) is 44.7 Å². The molecule has 1 aliphatic rings. The molecule has 1 fully saturated rings. The second-order valence-corrected chi connectivity index (χ2v) is 7.57. The molecule has 7 nitrogen and oxygen atoms in total. The summed E-state index contributed by atoms with van der Waals surface area (Å²) in [5.41, 5.74) is 0. The zero-order valence-electron chi connectivity index (χ0n) is 11.8. The standard InChI is InChI=1S/C12H22N2O5S/c1-9(8-20(2,18)19)13-12(17)14-6-4-3-5-10(14)7-11(15)16/h9-10H,3-8H2,1-2H3,(H,13,17)(H,15,16). The van der Waals surface area contributed by atoms with Gasteiger partial charge in [0.05, 0.1) is 12.2 Å². The zero-order valence-corrected chi connectivity index (χ0v) is 12.6. The van der Waals surface area contributed by atoms with Crippen LogP contribution in [0, 0.1) is 0 Å². The van der Waals surface area contributed by atoms with Crippen LogP contribution in [0.2, 0.25) is 0 Å². The van der Waals surface area contributed by atoms with E-state index in [2.05, 4.69) is 5.32 Å². The molecule has 8 heteroatoms. The van der Waals surface area contributed by atoms with Gasteiger partial charge in [-0.25, -0.2) is 13.2 Å². The number of aliphatic carboxylic acids is 1. The monoisotopic (exact) mass is 306 g/mol. The summed E-state index contributed by atoms with van der Waals surface area (Å²) >= 11 is 0. The van der Waals surface area contributed by atoms with E-state index < -0.39 is 21.8 Å². The average Bonchev–Trinajstić information content (AvgIpc) is 2.25. The normalized spacial score (nSPS) is 21.3. The number of amides is 2. The molecule has 2 unspecified atom stereocenters. The summed E-state index contributed by atoms with van der Waals surface area (Å²) in [6, 6.07) is -1.19. The van der Waals surface area contributed by atoms with Crippen LogP contribution in [0.15, 0.2) is 0 Å². The molecule has 1 aliphatic heterocycles. The molecule has 0 aromatic rings. The highest BCUT2D eigenvalue weighted by Crippen LogP contribution is 2.19. The molecule has 1 saturated heterocycles. The quantitative estimate of drug-likeness (QED) is 0.768. The van der Waals surface area contributed by atoms with Gasteiger partial charge in [-0.2, -0.15) is 0 Å². The van der Waals surface area contributed by atoms with Crippen LogP contribution in [-0.2, 0) is 14.6 Å². The minimum absolute atomic E-state index is 0.0755. The van der Waals surface area contributed by atoms with Crippen LogP contribution in [0.5, 0.6) is 0 Å². The number of nitrogens with zero attached hydrogens (tertiary/aromatic N) is 1.